The molecule has 0 spiro atoms. The minimum Gasteiger partial charge on any atom is -0.462 e. The van der Waals surface area contributed by atoms with Crippen LogP contribution in [0.2, 0.25) is 0 Å². The molecule has 0 fully saturated rings. The molecule has 2 aromatic rings. The Bertz CT molecular complexity index is 780. The molecule has 1 atom stereocenters. The zero-order valence-electron chi connectivity index (χ0n) is 12.3. The van der Waals surface area contributed by atoms with E-state index in [1.807, 2.05) is 0 Å². The number of benzene rings is 1. The van der Waals surface area contributed by atoms with E-state index in [0.717, 1.165) is 0 Å². The molecule has 0 saturated carbocycles. The maximum atomic E-state index is 12.4. The van der Waals surface area contributed by atoms with Crippen molar-refractivity contribution >= 4 is 28.5 Å². The lowest BCUT2D eigenvalue weighted by Gasteiger charge is -2.09. The molecular weight excluding hydrogens is 286 g/mol. The van der Waals surface area contributed by atoms with E-state index in [2.05, 4.69) is 10.3 Å². The summed E-state index contributed by atoms with van der Waals surface area (Å²) in [5, 5.41) is 2.89. The first-order valence-corrected chi connectivity index (χ1v) is 6.83. The Balaban J connectivity index is 2.46. The number of aromatic nitrogens is 1. The Morgan fingerprint density at radius 1 is 1.41 bits per heavy atom. The molecule has 0 aliphatic heterocycles. The van der Waals surface area contributed by atoms with Crippen LogP contribution in [0.25, 0.3) is 10.9 Å². The van der Waals surface area contributed by atoms with Gasteiger partial charge in [-0.25, -0.2) is 4.79 Å². The molecule has 1 aromatic heterocycles. The smallest absolute Gasteiger partial charge is 0.343 e. The third-order valence-electron chi connectivity index (χ3n) is 3.06. The number of hydrogen-bond acceptors (Lipinski definition) is 5. The lowest BCUT2D eigenvalue weighted by Crippen LogP contribution is -2.32. The fraction of sp³-hybridized carbons (Fsp3) is 0.267. The number of amides is 1. The van der Waals surface area contributed by atoms with Crippen LogP contribution < -0.4 is 16.5 Å². The largest absolute Gasteiger partial charge is 0.462 e. The van der Waals surface area contributed by atoms with Crippen LogP contribution in [-0.4, -0.2) is 29.5 Å². The van der Waals surface area contributed by atoms with Gasteiger partial charge in [-0.3, -0.25) is 9.59 Å². The SMILES string of the molecule is CCOC(=O)c1c[nH]c2ccc(NC(=O)[C@H](C)N)cc2c1=O. The zero-order valence-corrected chi connectivity index (χ0v) is 12.3. The fourth-order valence-corrected chi connectivity index (χ4v) is 1.91. The Hall–Kier alpha value is -2.67. The van der Waals surface area contributed by atoms with Crippen molar-refractivity contribution in [1.82, 2.24) is 4.98 Å². The summed E-state index contributed by atoms with van der Waals surface area (Å²) in [6.45, 7) is 3.40. The van der Waals surface area contributed by atoms with Crippen molar-refractivity contribution in [2.75, 3.05) is 11.9 Å². The number of carbonyl (C=O) groups is 2. The lowest BCUT2D eigenvalue weighted by atomic mass is 10.1. The molecule has 4 N–H and O–H groups in total. The number of esters is 1. The third-order valence-corrected chi connectivity index (χ3v) is 3.06. The number of carbonyl (C=O) groups excluding carboxylic acids is 2. The van der Waals surface area contributed by atoms with Gasteiger partial charge in [0.05, 0.1) is 12.6 Å². The second kappa shape index (κ2) is 6.40. The molecule has 1 heterocycles. The number of H-pyrrole nitrogens is 1. The molecule has 0 radical (unpaired) electrons. The van der Waals surface area contributed by atoms with Crippen LogP contribution in [0.3, 0.4) is 0 Å². The monoisotopic (exact) mass is 303 g/mol. The summed E-state index contributed by atoms with van der Waals surface area (Å²) in [4.78, 5) is 38.6. The first-order valence-electron chi connectivity index (χ1n) is 6.83. The number of anilines is 1. The Kier molecular flexibility index (Phi) is 4.57. The van der Waals surface area contributed by atoms with Crippen molar-refractivity contribution in [3.8, 4) is 0 Å². The second-order valence-corrected chi connectivity index (χ2v) is 4.79. The summed E-state index contributed by atoms with van der Waals surface area (Å²) in [6, 6.07) is 4.11. The molecule has 0 aliphatic rings. The van der Waals surface area contributed by atoms with E-state index in [9.17, 15) is 14.4 Å². The van der Waals surface area contributed by atoms with Crippen LogP contribution in [0.5, 0.6) is 0 Å². The zero-order chi connectivity index (χ0) is 16.3. The molecule has 0 aliphatic carbocycles. The van der Waals surface area contributed by atoms with Gasteiger partial charge in [0.2, 0.25) is 11.3 Å². The number of aromatic amines is 1. The highest BCUT2D eigenvalue weighted by Gasteiger charge is 2.15. The third kappa shape index (κ3) is 3.15. The van der Waals surface area contributed by atoms with Crippen molar-refractivity contribution in [3.63, 3.8) is 0 Å². The van der Waals surface area contributed by atoms with E-state index in [0.29, 0.717) is 11.2 Å². The predicted octanol–water partition coefficient (Wildman–Crippen LogP) is 0.990. The highest BCUT2D eigenvalue weighted by atomic mass is 16.5. The Morgan fingerprint density at radius 3 is 2.77 bits per heavy atom. The van der Waals surface area contributed by atoms with Crippen molar-refractivity contribution in [2.24, 2.45) is 5.73 Å². The van der Waals surface area contributed by atoms with Crippen LogP contribution in [0.1, 0.15) is 24.2 Å². The topological polar surface area (TPSA) is 114 Å². The molecule has 1 aromatic carbocycles. The average Bonchev–Trinajstić information content (AvgIpc) is 2.48. The molecule has 0 bridgehead atoms. The summed E-state index contributed by atoms with van der Waals surface area (Å²) < 4.78 is 4.84. The van der Waals surface area contributed by atoms with Gasteiger partial charge in [0, 0.05) is 22.8 Å². The van der Waals surface area contributed by atoms with Gasteiger partial charge in [-0.05, 0) is 32.0 Å². The molecule has 116 valence electrons. The molecule has 0 unspecified atom stereocenters. The number of nitrogens with one attached hydrogen (secondary N) is 2. The van der Waals surface area contributed by atoms with E-state index >= 15 is 0 Å². The predicted molar refractivity (Wildman–Crippen MR) is 82.8 cm³/mol. The van der Waals surface area contributed by atoms with Gasteiger partial charge in [0.15, 0.2) is 0 Å². The van der Waals surface area contributed by atoms with Gasteiger partial charge in [0.25, 0.3) is 0 Å². The molecule has 2 rings (SSSR count). The molecule has 7 nitrogen and oxygen atoms in total. The van der Waals surface area contributed by atoms with Crippen LogP contribution in [0.15, 0.2) is 29.2 Å². The lowest BCUT2D eigenvalue weighted by molar-refractivity contribution is -0.117. The van der Waals surface area contributed by atoms with Crippen molar-refractivity contribution in [3.05, 3.63) is 40.2 Å². The number of hydrogen-bond donors (Lipinski definition) is 3. The Labute approximate surface area is 126 Å². The normalized spacial score (nSPS) is 12.0. The highest BCUT2D eigenvalue weighted by molar-refractivity contribution is 5.98. The van der Waals surface area contributed by atoms with Gasteiger partial charge in [0.1, 0.15) is 5.56 Å². The standard InChI is InChI=1S/C15H17N3O4/c1-3-22-15(21)11-7-17-12-5-4-9(6-10(12)13(11)19)18-14(20)8(2)16/h4-8H,3,16H2,1-2H3,(H,17,19)(H,18,20)/t8-/m0/s1. The Morgan fingerprint density at radius 2 is 2.14 bits per heavy atom. The van der Waals surface area contributed by atoms with Crippen LogP contribution in [0.4, 0.5) is 5.69 Å². The van der Waals surface area contributed by atoms with E-state index in [-0.39, 0.29) is 23.5 Å². The number of ether oxygens (including phenoxy) is 1. The first-order chi connectivity index (χ1) is 10.4. The maximum Gasteiger partial charge on any atom is 0.343 e. The van der Waals surface area contributed by atoms with E-state index in [1.54, 1.807) is 26.0 Å². The van der Waals surface area contributed by atoms with Crippen LogP contribution in [0, 0.1) is 0 Å². The van der Waals surface area contributed by atoms with Crippen LogP contribution >= 0.6 is 0 Å². The molecular formula is C15H17N3O4. The number of fused-ring (bicyclic) bond motifs is 1. The van der Waals surface area contributed by atoms with Crippen LogP contribution in [-0.2, 0) is 9.53 Å². The summed E-state index contributed by atoms with van der Waals surface area (Å²) in [6.07, 6.45) is 1.32. The maximum absolute atomic E-state index is 12.4. The first kappa shape index (κ1) is 15.7. The summed E-state index contributed by atoms with van der Waals surface area (Å²) in [7, 11) is 0. The second-order valence-electron chi connectivity index (χ2n) is 4.79. The average molecular weight is 303 g/mol. The van der Waals surface area contributed by atoms with Gasteiger partial charge in [-0.15, -0.1) is 0 Å². The summed E-state index contributed by atoms with van der Waals surface area (Å²) in [5.41, 5.74) is 5.93. The summed E-state index contributed by atoms with van der Waals surface area (Å²) in [5.74, 6) is -1.05. The van der Waals surface area contributed by atoms with Crippen molar-refractivity contribution in [2.45, 2.75) is 19.9 Å². The van der Waals surface area contributed by atoms with Crippen molar-refractivity contribution < 1.29 is 14.3 Å². The van der Waals surface area contributed by atoms with Gasteiger partial charge in [-0.1, -0.05) is 0 Å². The van der Waals surface area contributed by atoms with Gasteiger partial charge < -0.3 is 20.8 Å². The minimum absolute atomic E-state index is 0.0787. The molecule has 0 saturated heterocycles. The molecule has 1 amide bonds. The van der Waals surface area contributed by atoms with Crippen molar-refractivity contribution in [1.29, 1.82) is 0 Å². The molecule has 7 heteroatoms. The van der Waals surface area contributed by atoms with E-state index in [1.165, 1.54) is 12.3 Å². The summed E-state index contributed by atoms with van der Waals surface area (Å²) >= 11 is 0. The van der Waals surface area contributed by atoms with E-state index < -0.39 is 17.4 Å². The quantitative estimate of drug-likeness (QED) is 0.729. The van der Waals surface area contributed by atoms with Gasteiger partial charge in [-0.2, -0.15) is 0 Å². The highest BCUT2D eigenvalue weighted by Crippen LogP contribution is 2.15. The number of pyridine rings is 1. The number of rotatable bonds is 4. The minimum atomic E-state index is -0.685. The fourth-order valence-electron chi connectivity index (χ4n) is 1.91. The molecule has 22 heavy (non-hydrogen) atoms. The van der Waals surface area contributed by atoms with Gasteiger partial charge >= 0.3 is 5.97 Å². The van der Waals surface area contributed by atoms with E-state index in [4.69, 9.17) is 10.5 Å². The number of nitrogens with two attached hydrogens (primary N) is 1.